The van der Waals surface area contributed by atoms with Gasteiger partial charge in [0.25, 0.3) is 0 Å². The average Bonchev–Trinajstić information content (AvgIpc) is 2.20. The number of rotatable bonds is 5. The largest absolute Gasteiger partial charge is 0.103 e. The normalized spacial score (nSPS) is 12.9. The lowest BCUT2D eigenvalue weighted by Gasteiger charge is -2.02. The number of allylic oxidation sites excluding steroid dienone is 2. The molecule has 0 heterocycles. The Hall–Kier alpha value is -1.30. The third-order valence-electron chi connectivity index (χ3n) is 2.22. The molecule has 14 heavy (non-hydrogen) atoms. The van der Waals surface area contributed by atoms with E-state index in [1.54, 1.807) is 0 Å². The maximum Gasteiger partial charge on any atom is -0.0260 e. The van der Waals surface area contributed by atoms with Gasteiger partial charge in [-0.05, 0) is 24.3 Å². The number of hydrogen-bond acceptors (Lipinski definition) is 0. The summed E-state index contributed by atoms with van der Waals surface area (Å²) in [6.07, 6.45) is 8.63. The Balaban J connectivity index is 2.37. The molecule has 0 saturated heterocycles. The van der Waals surface area contributed by atoms with Crippen LogP contribution in [0.25, 0.3) is 6.08 Å². The lowest BCUT2D eigenvalue weighted by atomic mass is 10.0. The molecule has 0 saturated carbocycles. The molecule has 1 unspecified atom stereocenters. The van der Waals surface area contributed by atoms with Gasteiger partial charge in [0, 0.05) is 0 Å². The van der Waals surface area contributed by atoms with Crippen molar-refractivity contribution >= 4 is 6.08 Å². The molecule has 0 fully saturated rings. The summed E-state index contributed by atoms with van der Waals surface area (Å²) in [5, 5.41) is 0. The first-order chi connectivity index (χ1) is 6.83. The predicted octanol–water partition coefficient (Wildman–Crippen LogP) is 4.30. The summed E-state index contributed by atoms with van der Waals surface area (Å²) in [4.78, 5) is 0. The first-order valence-corrected chi connectivity index (χ1v) is 5.15. The second-order valence-corrected chi connectivity index (χ2v) is 3.68. The summed E-state index contributed by atoms with van der Waals surface area (Å²) in [7, 11) is 0. The zero-order valence-corrected chi connectivity index (χ0v) is 8.82. The highest BCUT2D eigenvalue weighted by molar-refractivity contribution is 5.48. The summed E-state index contributed by atoms with van der Waals surface area (Å²) in [5.74, 6) is 0.701. The summed E-state index contributed by atoms with van der Waals surface area (Å²) in [6.45, 7) is 5.99. The molecular formula is C14H18. The molecule has 0 amide bonds. The van der Waals surface area contributed by atoms with Gasteiger partial charge in [-0.15, -0.1) is 6.58 Å². The van der Waals surface area contributed by atoms with Crippen molar-refractivity contribution in [2.24, 2.45) is 5.92 Å². The lowest BCUT2D eigenvalue weighted by molar-refractivity contribution is 0.605. The van der Waals surface area contributed by atoms with Crippen LogP contribution in [0.3, 0.4) is 0 Å². The molecule has 0 N–H and O–H groups in total. The van der Waals surface area contributed by atoms with Crippen molar-refractivity contribution in [3.63, 3.8) is 0 Å². The molecule has 1 atom stereocenters. The zero-order valence-electron chi connectivity index (χ0n) is 8.82. The standard InChI is InChI=1S/C14H18/c1-3-8-13(2)9-7-12-14-10-5-4-6-11-14/h3-7,10-13H,1,8-9H2,2H3. The Labute approximate surface area is 87.0 Å². The first kappa shape index (κ1) is 10.8. The van der Waals surface area contributed by atoms with Crippen LogP contribution in [0.5, 0.6) is 0 Å². The third-order valence-corrected chi connectivity index (χ3v) is 2.22. The average molecular weight is 186 g/mol. The predicted molar refractivity (Wildman–Crippen MR) is 64.1 cm³/mol. The van der Waals surface area contributed by atoms with Crippen molar-refractivity contribution in [2.75, 3.05) is 0 Å². The minimum Gasteiger partial charge on any atom is -0.103 e. The summed E-state index contributed by atoms with van der Waals surface area (Å²) in [5.41, 5.74) is 1.28. The molecule has 0 heteroatoms. The SMILES string of the molecule is C=CCC(C)CC=Cc1ccccc1. The van der Waals surface area contributed by atoms with Gasteiger partial charge in [0.15, 0.2) is 0 Å². The highest BCUT2D eigenvalue weighted by Gasteiger charge is 1.94. The van der Waals surface area contributed by atoms with Gasteiger partial charge in [0.05, 0.1) is 0 Å². The van der Waals surface area contributed by atoms with Gasteiger partial charge in [-0.3, -0.25) is 0 Å². The Morgan fingerprint density at radius 1 is 1.21 bits per heavy atom. The maximum atomic E-state index is 3.74. The van der Waals surface area contributed by atoms with E-state index >= 15 is 0 Å². The number of hydrogen-bond donors (Lipinski definition) is 0. The van der Waals surface area contributed by atoms with E-state index in [4.69, 9.17) is 0 Å². The summed E-state index contributed by atoms with van der Waals surface area (Å²) >= 11 is 0. The molecule has 1 aromatic carbocycles. The van der Waals surface area contributed by atoms with Crippen LogP contribution < -0.4 is 0 Å². The molecule has 0 aromatic heterocycles. The molecular weight excluding hydrogens is 168 g/mol. The Morgan fingerprint density at radius 3 is 2.57 bits per heavy atom. The highest BCUT2D eigenvalue weighted by atomic mass is 14.0. The highest BCUT2D eigenvalue weighted by Crippen LogP contribution is 2.10. The second kappa shape index (κ2) is 6.20. The van der Waals surface area contributed by atoms with Gasteiger partial charge in [-0.25, -0.2) is 0 Å². The fraction of sp³-hybridized carbons (Fsp3) is 0.286. The third kappa shape index (κ3) is 4.08. The molecule has 1 rings (SSSR count). The van der Waals surface area contributed by atoms with E-state index in [0.29, 0.717) is 5.92 Å². The maximum absolute atomic E-state index is 3.74. The van der Waals surface area contributed by atoms with Crippen LogP contribution >= 0.6 is 0 Å². The zero-order chi connectivity index (χ0) is 10.2. The van der Waals surface area contributed by atoms with E-state index in [0.717, 1.165) is 12.8 Å². The van der Waals surface area contributed by atoms with E-state index in [1.807, 2.05) is 12.1 Å². The van der Waals surface area contributed by atoms with Gasteiger partial charge in [0.1, 0.15) is 0 Å². The van der Waals surface area contributed by atoms with Gasteiger partial charge in [-0.1, -0.05) is 55.5 Å². The van der Waals surface area contributed by atoms with Crippen LogP contribution in [0.15, 0.2) is 49.1 Å². The van der Waals surface area contributed by atoms with E-state index < -0.39 is 0 Å². The van der Waals surface area contributed by atoms with Gasteiger partial charge in [-0.2, -0.15) is 0 Å². The topological polar surface area (TPSA) is 0 Å². The second-order valence-electron chi connectivity index (χ2n) is 3.68. The molecule has 74 valence electrons. The van der Waals surface area contributed by atoms with Crippen molar-refractivity contribution in [3.05, 3.63) is 54.6 Å². The van der Waals surface area contributed by atoms with Crippen molar-refractivity contribution in [2.45, 2.75) is 19.8 Å². The van der Waals surface area contributed by atoms with E-state index in [1.165, 1.54) is 5.56 Å². The van der Waals surface area contributed by atoms with Crippen molar-refractivity contribution in [3.8, 4) is 0 Å². The molecule has 0 nitrogen and oxygen atoms in total. The van der Waals surface area contributed by atoms with Gasteiger partial charge in [0.2, 0.25) is 0 Å². The van der Waals surface area contributed by atoms with Crippen molar-refractivity contribution in [1.82, 2.24) is 0 Å². The molecule has 0 radical (unpaired) electrons. The first-order valence-electron chi connectivity index (χ1n) is 5.15. The molecule has 0 aliphatic carbocycles. The Morgan fingerprint density at radius 2 is 1.93 bits per heavy atom. The minimum absolute atomic E-state index is 0.701. The molecule has 0 aliphatic rings. The fourth-order valence-electron chi connectivity index (χ4n) is 1.38. The van der Waals surface area contributed by atoms with Crippen LogP contribution in [0.2, 0.25) is 0 Å². The Kier molecular flexibility index (Phi) is 4.77. The van der Waals surface area contributed by atoms with Crippen LogP contribution in [-0.2, 0) is 0 Å². The molecule has 1 aromatic rings. The van der Waals surface area contributed by atoms with Gasteiger partial charge < -0.3 is 0 Å². The minimum atomic E-state index is 0.701. The van der Waals surface area contributed by atoms with Gasteiger partial charge >= 0.3 is 0 Å². The Bertz CT molecular complexity index is 282. The van der Waals surface area contributed by atoms with E-state index in [-0.39, 0.29) is 0 Å². The summed E-state index contributed by atoms with van der Waals surface area (Å²) in [6, 6.07) is 10.4. The van der Waals surface area contributed by atoms with Crippen LogP contribution in [0.1, 0.15) is 25.3 Å². The van der Waals surface area contributed by atoms with Crippen LogP contribution in [0.4, 0.5) is 0 Å². The van der Waals surface area contributed by atoms with E-state index in [9.17, 15) is 0 Å². The van der Waals surface area contributed by atoms with Crippen LogP contribution in [-0.4, -0.2) is 0 Å². The molecule has 0 spiro atoms. The number of benzene rings is 1. The van der Waals surface area contributed by atoms with Crippen LogP contribution in [0, 0.1) is 5.92 Å². The van der Waals surface area contributed by atoms with Crippen molar-refractivity contribution < 1.29 is 0 Å². The molecule has 0 bridgehead atoms. The summed E-state index contributed by atoms with van der Waals surface area (Å²) < 4.78 is 0. The lowest BCUT2D eigenvalue weighted by Crippen LogP contribution is -1.88. The molecule has 0 aliphatic heterocycles. The quantitative estimate of drug-likeness (QED) is 0.601. The van der Waals surface area contributed by atoms with E-state index in [2.05, 4.69) is 49.9 Å². The fourth-order valence-corrected chi connectivity index (χ4v) is 1.38. The smallest absolute Gasteiger partial charge is 0.0260 e. The monoisotopic (exact) mass is 186 g/mol. The van der Waals surface area contributed by atoms with Crippen molar-refractivity contribution in [1.29, 1.82) is 0 Å².